The third-order valence-electron chi connectivity index (χ3n) is 4.19. The van der Waals surface area contributed by atoms with Gasteiger partial charge < -0.3 is 10.2 Å². The highest BCUT2D eigenvalue weighted by Gasteiger charge is 2.38. The molecule has 0 radical (unpaired) electrons. The molecule has 4 rings (SSSR count). The Bertz CT molecular complexity index is 584. The number of amides is 1. The van der Waals surface area contributed by atoms with Gasteiger partial charge in [-0.1, -0.05) is 0 Å². The molecule has 120 valence electrons. The van der Waals surface area contributed by atoms with Gasteiger partial charge in [0.1, 0.15) is 0 Å². The summed E-state index contributed by atoms with van der Waals surface area (Å²) in [5, 5.41) is 2.67. The number of carbonyl (C=O) groups excluding carboxylic acids is 1. The fraction of sp³-hybridized carbons (Fsp3) is 0.615. The summed E-state index contributed by atoms with van der Waals surface area (Å²) in [4.78, 5) is 20.6. The summed E-state index contributed by atoms with van der Waals surface area (Å²) in [5.41, 5.74) is -1.72. The predicted molar refractivity (Wildman–Crippen MR) is 67.4 cm³/mol. The van der Waals surface area contributed by atoms with Crippen molar-refractivity contribution in [3.8, 4) is 0 Å². The summed E-state index contributed by atoms with van der Waals surface area (Å²) < 4.78 is 50.9. The number of alkyl halides is 3. The average Bonchev–Trinajstić information content (AvgIpc) is 2.47. The molecular weight excluding hydrogens is 304 g/mol. The minimum absolute atomic E-state index is 0.127. The zero-order chi connectivity index (χ0) is 15.9. The van der Waals surface area contributed by atoms with Crippen LogP contribution in [0.15, 0.2) is 6.20 Å². The highest BCUT2D eigenvalue weighted by molar-refractivity contribution is 5.90. The van der Waals surface area contributed by atoms with Crippen LogP contribution in [0.25, 0.3) is 0 Å². The highest BCUT2D eigenvalue weighted by Crippen LogP contribution is 2.30. The van der Waals surface area contributed by atoms with Gasteiger partial charge in [-0.2, -0.15) is 13.2 Å². The van der Waals surface area contributed by atoms with Gasteiger partial charge in [-0.05, 0) is 31.8 Å². The fourth-order valence-electron chi connectivity index (χ4n) is 3.04. The van der Waals surface area contributed by atoms with E-state index in [4.69, 9.17) is 0 Å². The molecule has 2 bridgehead atoms. The minimum Gasteiger partial charge on any atom is -0.345 e. The van der Waals surface area contributed by atoms with Gasteiger partial charge in [-0.25, -0.2) is 14.4 Å². The fourth-order valence-corrected chi connectivity index (χ4v) is 3.04. The van der Waals surface area contributed by atoms with E-state index in [0.717, 1.165) is 25.9 Å². The quantitative estimate of drug-likeness (QED) is 0.839. The number of hydrogen-bond donors (Lipinski definition) is 1. The van der Waals surface area contributed by atoms with E-state index in [1.54, 1.807) is 0 Å². The number of piperidine rings is 3. The van der Waals surface area contributed by atoms with E-state index in [1.165, 1.54) is 0 Å². The lowest BCUT2D eigenvalue weighted by molar-refractivity contribution is -0.143. The van der Waals surface area contributed by atoms with Gasteiger partial charge in [0, 0.05) is 12.6 Å². The summed E-state index contributed by atoms with van der Waals surface area (Å²) in [6.07, 6.45) is -2.69. The predicted octanol–water partition coefficient (Wildman–Crippen LogP) is 1.46. The van der Waals surface area contributed by atoms with Crippen LogP contribution in [0.3, 0.4) is 0 Å². The molecule has 9 heteroatoms. The van der Waals surface area contributed by atoms with Gasteiger partial charge >= 0.3 is 6.18 Å². The molecule has 1 amide bonds. The Labute approximate surface area is 123 Å². The van der Waals surface area contributed by atoms with E-state index in [2.05, 4.69) is 20.2 Å². The second-order valence-electron chi connectivity index (χ2n) is 5.61. The standard InChI is InChI=1S/C13H14F4N4O/c14-8-5-18-11(20-10(8)13(15,16)17)12(22)19-9-6-21-3-1-7(9)2-4-21/h5,7,9H,1-4,6H2,(H,19,22)/t9-/m0/s1. The van der Waals surface area contributed by atoms with Crippen molar-refractivity contribution >= 4 is 5.91 Å². The van der Waals surface area contributed by atoms with Crippen LogP contribution in [-0.2, 0) is 6.18 Å². The minimum atomic E-state index is -4.96. The summed E-state index contributed by atoms with van der Waals surface area (Å²) in [5.74, 6) is -2.74. The van der Waals surface area contributed by atoms with E-state index in [-0.39, 0.29) is 6.04 Å². The second kappa shape index (κ2) is 5.45. The number of fused-ring (bicyclic) bond motifs is 3. The Balaban J connectivity index is 1.75. The lowest BCUT2D eigenvalue weighted by Crippen LogP contribution is -2.57. The van der Waals surface area contributed by atoms with Crippen LogP contribution in [0, 0.1) is 11.7 Å². The van der Waals surface area contributed by atoms with Crippen molar-refractivity contribution in [3.05, 3.63) is 23.5 Å². The van der Waals surface area contributed by atoms with Crippen LogP contribution in [0.1, 0.15) is 29.2 Å². The molecule has 0 aromatic carbocycles. The molecule has 0 unspecified atom stereocenters. The largest absolute Gasteiger partial charge is 0.436 e. The Morgan fingerprint density at radius 1 is 1.32 bits per heavy atom. The van der Waals surface area contributed by atoms with E-state index in [1.807, 2.05) is 0 Å². The van der Waals surface area contributed by atoms with Gasteiger partial charge in [-0.3, -0.25) is 4.79 Å². The molecule has 3 fully saturated rings. The number of hydrogen-bond acceptors (Lipinski definition) is 4. The van der Waals surface area contributed by atoms with Crippen LogP contribution in [0.2, 0.25) is 0 Å². The normalized spacial score (nSPS) is 27.7. The Morgan fingerprint density at radius 2 is 2.00 bits per heavy atom. The first-order valence-electron chi connectivity index (χ1n) is 6.97. The first-order chi connectivity index (χ1) is 10.3. The molecule has 1 aromatic rings. The zero-order valence-electron chi connectivity index (χ0n) is 11.5. The molecule has 5 nitrogen and oxygen atoms in total. The molecular formula is C13H14F4N4O. The topological polar surface area (TPSA) is 58.1 Å². The number of nitrogens with one attached hydrogen (secondary N) is 1. The van der Waals surface area contributed by atoms with Crippen LogP contribution >= 0.6 is 0 Å². The van der Waals surface area contributed by atoms with Gasteiger partial charge in [-0.15, -0.1) is 0 Å². The number of halogens is 4. The molecule has 3 saturated heterocycles. The van der Waals surface area contributed by atoms with Crippen molar-refractivity contribution in [2.75, 3.05) is 19.6 Å². The van der Waals surface area contributed by atoms with Crippen LogP contribution in [-0.4, -0.2) is 46.5 Å². The molecule has 3 aliphatic rings. The second-order valence-corrected chi connectivity index (χ2v) is 5.61. The smallest absolute Gasteiger partial charge is 0.345 e. The molecule has 4 heterocycles. The number of nitrogens with zero attached hydrogens (tertiary/aromatic N) is 3. The molecule has 0 spiro atoms. The van der Waals surface area contributed by atoms with Gasteiger partial charge in [0.25, 0.3) is 5.91 Å². The van der Waals surface area contributed by atoms with E-state index in [0.29, 0.717) is 18.7 Å². The maximum Gasteiger partial charge on any atom is 0.436 e. The van der Waals surface area contributed by atoms with Gasteiger partial charge in [0.15, 0.2) is 11.5 Å². The van der Waals surface area contributed by atoms with Gasteiger partial charge in [0.2, 0.25) is 5.82 Å². The number of aromatic nitrogens is 2. The molecule has 3 aliphatic heterocycles. The molecule has 1 atom stereocenters. The SMILES string of the molecule is O=C(N[C@H]1CN2CCC1CC2)c1ncc(F)c(C(F)(F)F)n1. The first-order valence-corrected chi connectivity index (χ1v) is 6.97. The zero-order valence-corrected chi connectivity index (χ0v) is 11.5. The maximum absolute atomic E-state index is 13.1. The van der Waals surface area contributed by atoms with E-state index in [9.17, 15) is 22.4 Å². The van der Waals surface area contributed by atoms with Crippen molar-refractivity contribution < 1.29 is 22.4 Å². The van der Waals surface area contributed by atoms with Crippen LogP contribution < -0.4 is 5.32 Å². The first kappa shape index (κ1) is 15.1. The lowest BCUT2D eigenvalue weighted by atomic mass is 9.84. The van der Waals surface area contributed by atoms with Crippen molar-refractivity contribution in [1.82, 2.24) is 20.2 Å². The monoisotopic (exact) mass is 318 g/mol. The summed E-state index contributed by atoms with van der Waals surface area (Å²) in [6, 6.07) is -0.127. The molecule has 1 aromatic heterocycles. The van der Waals surface area contributed by atoms with Crippen molar-refractivity contribution in [1.29, 1.82) is 0 Å². The van der Waals surface area contributed by atoms with Crippen LogP contribution in [0.4, 0.5) is 17.6 Å². The highest BCUT2D eigenvalue weighted by atomic mass is 19.4. The van der Waals surface area contributed by atoms with Crippen LogP contribution in [0.5, 0.6) is 0 Å². The molecule has 22 heavy (non-hydrogen) atoms. The maximum atomic E-state index is 13.1. The lowest BCUT2D eigenvalue weighted by Gasteiger charge is -2.44. The molecule has 0 aliphatic carbocycles. The van der Waals surface area contributed by atoms with Crippen molar-refractivity contribution in [3.63, 3.8) is 0 Å². The van der Waals surface area contributed by atoms with E-state index < -0.39 is 29.4 Å². The molecule has 0 saturated carbocycles. The van der Waals surface area contributed by atoms with Crippen molar-refractivity contribution in [2.45, 2.75) is 25.1 Å². The number of carbonyl (C=O) groups is 1. The summed E-state index contributed by atoms with van der Waals surface area (Å²) >= 11 is 0. The number of rotatable bonds is 2. The summed E-state index contributed by atoms with van der Waals surface area (Å²) in [7, 11) is 0. The van der Waals surface area contributed by atoms with Crippen molar-refractivity contribution in [2.24, 2.45) is 5.92 Å². The Morgan fingerprint density at radius 3 is 2.55 bits per heavy atom. The molecule has 1 N–H and O–H groups in total. The Kier molecular flexibility index (Phi) is 3.75. The van der Waals surface area contributed by atoms with E-state index >= 15 is 0 Å². The van der Waals surface area contributed by atoms with Gasteiger partial charge in [0.05, 0.1) is 6.20 Å². The average molecular weight is 318 g/mol. The summed E-state index contributed by atoms with van der Waals surface area (Å²) in [6.45, 7) is 2.62. The third kappa shape index (κ3) is 2.90. The Hall–Kier alpha value is -1.77. The third-order valence-corrected chi connectivity index (χ3v) is 4.19.